The molecule has 0 aliphatic carbocycles. The van der Waals surface area contributed by atoms with E-state index in [0.29, 0.717) is 6.07 Å². The molecule has 0 aromatic heterocycles. The van der Waals surface area contributed by atoms with Crippen LogP contribution >= 0.6 is 0 Å². The number of carbonyl (C=O) groups is 2. The molecule has 1 aliphatic heterocycles. The van der Waals surface area contributed by atoms with Crippen molar-refractivity contribution in [1.82, 2.24) is 5.32 Å². The first-order valence-electron chi connectivity index (χ1n) is 8.83. The second kappa shape index (κ2) is 8.30. The third-order valence-electron chi connectivity index (χ3n) is 4.60. The van der Waals surface area contributed by atoms with E-state index in [-0.39, 0.29) is 16.8 Å². The van der Waals surface area contributed by atoms with Crippen LogP contribution in [0.4, 0.5) is 46.9 Å². The highest BCUT2D eigenvalue weighted by atomic mass is 19.4. The molecule has 3 amide bonds. The van der Waals surface area contributed by atoms with Gasteiger partial charge in [-0.25, -0.2) is 14.0 Å². The highest BCUT2D eigenvalue weighted by molar-refractivity contribution is 5.97. The van der Waals surface area contributed by atoms with E-state index in [4.69, 9.17) is 4.84 Å². The van der Waals surface area contributed by atoms with Gasteiger partial charge in [0.05, 0.1) is 23.2 Å². The second-order valence-electron chi connectivity index (χ2n) is 6.67. The SMILES string of the molecule is CN(C(=O)Cc1c(N2OCNC2=O)cc(C(F)(F)F)cc1C(F)(F)F)c1ccc(F)cc1. The van der Waals surface area contributed by atoms with E-state index in [1.54, 1.807) is 0 Å². The van der Waals surface area contributed by atoms with Crippen molar-refractivity contribution < 1.29 is 45.2 Å². The van der Waals surface area contributed by atoms with Gasteiger partial charge in [0.25, 0.3) is 0 Å². The number of anilines is 2. The summed E-state index contributed by atoms with van der Waals surface area (Å²) in [6.45, 7) is -0.487. The number of hydrogen-bond donors (Lipinski definition) is 1. The fourth-order valence-corrected chi connectivity index (χ4v) is 2.99. The monoisotopic (exact) mass is 465 g/mol. The molecule has 1 aliphatic rings. The molecule has 0 unspecified atom stereocenters. The number of halogens is 7. The second-order valence-corrected chi connectivity index (χ2v) is 6.67. The number of nitrogens with one attached hydrogen (secondary N) is 1. The van der Waals surface area contributed by atoms with Gasteiger partial charge in [-0.05, 0) is 36.4 Å². The van der Waals surface area contributed by atoms with Crippen LogP contribution in [0.3, 0.4) is 0 Å². The normalized spacial score (nSPS) is 14.5. The summed E-state index contributed by atoms with van der Waals surface area (Å²) >= 11 is 0. The van der Waals surface area contributed by atoms with Gasteiger partial charge in [0.2, 0.25) is 5.91 Å². The summed E-state index contributed by atoms with van der Waals surface area (Å²) in [5.74, 6) is -1.57. The molecule has 2 aromatic carbocycles. The van der Waals surface area contributed by atoms with Gasteiger partial charge < -0.3 is 10.2 Å². The van der Waals surface area contributed by atoms with Gasteiger partial charge in [0, 0.05) is 18.3 Å². The summed E-state index contributed by atoms with van der Waals surface area (Å²) in [5.41, 5.74) is -5.05. The summed E-state index contributed by atoms with van der Waals surface area (Å²) in [7, 11) is 1.20. The van der Waals surface area contributed by atoms with Crippen LogP contribution in [0.2, 0.25) is 0 Å². The topological polar surface area (TPSA) is 61.9 Å². The van der Waals surface area contributed by atoms with Crippen molar-refractivity contribution in [2.24, 2.45) is 0 Å². The molecule has 32 heavy (non-hydrogen) atoms. The van der Waals surface area contributed by atoms with Crippen LogP contribution < -0.4 is 15.3 Å². The van der Waals surface area contributed by atoms with E-state index in [1.807, 2.05) is 0 Å². The van der Waals surface area contributed by atoms with Crippen LogP contribution in [0.1, 0.15) is 16.7 Å². The van der Waals surface area contributed by atoms with Crippen LogP contribution in [0.5, 0.6) is 0 Å². The standard InChI is InChI=1S/C19H14F7N3O3/c1-28(12-4-2-11(20)3-5-12)16(30)8-13-14(19(24,25)26)6-10(18(21,22)23)7-15(13)29-17(31)27-9-32-29/h2-7H,8-9H2,1H3,(H,27,31). The fraction of sp³-hybridized carbons (Fsp3) is 0.263. The molecule has 0 radical (unpaired) electrons. The van der Waals surface area contributed by atoms with E-state index in [1.165, 1.54) is 19.2 Å². The summed E-state index contributed by atoms with van der Waals surface area (Å²) in [4.78, 5) is 30.4. The zero-order chi connectivity index (χ0) is 23.8. The average Bonchev–Trinajstić information content (AvgIpc) is 3.12. The van der Waals surface area contributed by atoms with Crippen molar-refractivity contribution in [1.29, 1.82) is 0 Å². The first-order chi connectivity index (χ1) is 14.8. The van der Waals surface area contributed by atoms with Crippen molar-refractivity contribution in [3.05, 3.63) is 58.9 Å². The van der Waals surface area contributed by atoms with Crippen LogP contribution in [-0.2, 0) is 28.4 Å². The quantitative estimate of drug-likeness (QED) is 0.678. The molecular formula is C19H14F7N3O3. The van der Waals surface area contributed by atoms with Gasteiger partial charge >= 0.3 is 18.4 Å². The molecule has 1 N–H and O–H groups in total. The van der Waals surface area contributed by atoms with Crippen LogP contribution in [-0.4, -0.2) is 25.7 Å². The number of alkyl halides is 6. The Bertz CT molecular complexity index is 1040. The number of nitrogens with zero attached hydrogens (tertiary/aromatic N) is 2. The third kappa shape index (κ3) is 4.77. The highest BCUT2D eigenvalue weighted by Gasteiger charge is 2.42. The summed E-state index contributed by atoms with van der Waals surface area (Å²) < 4.78 is 94.0. The maximum Gasteiger partial charge on any atom is 0.416 e. The van der Waals surface area contributed by atoms with Crippen LogP contribution in [0, 0.1) is 5.82 Å². The lowest BCUT2D eigenvalue weighted by Crippen LogP contribution is -2.32. The molecule has 1 heterocycles. The van der Waals surface area contributed by atoms with Crippen molar-refractivity contribution in [2.75, 3.05) is 23.7 Å². The molecular weight excluding hydrogens is 451 g/mol. The van der Waals surface area contributed by atoms with Crippen LogP contribution in [0.15, 0.2) is 36.4 Å². The number of carbonyl (C=O) groups excluding carboxylic acids is 2. The molecule has 2 aromatic rings. The largest absolute Gasteiger partial charge is 0.416 e. The molecule has 172 valence electrons. The van der Waals surface area contributed by atoms with Crippen molar-refractivity contribution in [2.45, 2.75) is 18.8 Å². The molecule has 0 saturated carbocycles. The lowest BCUT2D eigenvalue weighted by atomic mass is 9.97. The maximum absolute atomic E-state index is 13.7. The average molecular weight is 465 g/mol. The van der Waals surface area contributed by atoms with Crippen LogP contribution in [0.25, 0.3) is 0 Å². The van der Waals surface area contributed by atoms with E-state index in [9.17, 15) is 40.3 Å². The van der Waals surface area contributed by atoms with Crippen molar-refractivity contribution >= 4 is 23.3 Å². The molecule has 0 bridgehead atoms. The van der Waals surface area contributed by atoms with Gasteiger partial charge in [-0.2, -0.15) is 31.4 Å². The van der Waals surface area contributed by atoms with Gasteiger partial charge in [-0.15, -0.1) is 0 Å². The Hall–Kier alpha value is -3.35. The number of benzene rings is 2. The van der Waals surface area contributed by atoms with Gasteiger partial charge in [0.15, 0.2) is 0 Å². The zero-order valence-corrected chi connectivity index (χ0v) is 16.1. The smallest absolute Gasteiger partial charge is 0.315 e. The molecule has 6 nitrogen and oxygen atoms in total. The van der Waals surface area contributed by atoms with Crippen molar-refractivity contribution in [3.8, 4) is 0 Å². The Kier molecular flexibility index (Phi) is 6.05. The van der Waals surface area contributed by atoms with E-state index in [0.717, 1.165) is 17.0 Å². The number of likely N-dealkylation sites (N-methyl/N-ethyl adjacent to an activating group) is 1. The Morgan fingerprint density at radius 1 is 1.09 bits per heavy atom. The summed E-state index contributed by atoms with van der Waals surface area (Å²) in [6, 6.07) is 3.51. The van der Waals surface area contributed by atoms with E-state index in [2.05, 4.69) is 5.32 Å². The zero-order valence-electron chi connectivity index (χ0n) is 16.1. The minimum atomic E-state index is -5.28. The molecule has 0 atom stereocenters. The Labute approximate surface area is 176 Å². The minimum Gasteiger partial charge on any atom is -0.315 e. The lowest BCUT2D eigenvalue weighted by Gasteiger charge is -2.24. The van der Waals surface area contributed by atoms with Crippen molar-refractivity contribution in [3.63, 3.8) is 0 Å². The van der Waals surface area contributed by atoms with Gasteiger partial charge in [0.1, 0.15) is 12.5 Å². The molecule has 1 fully saturated rings. The van der Waals surface area contributed by atoms with E-state index < -0.39 is 65.6 Å². The lowest BCUT2D eigenvalue weighted by molar-refractivity contribution is -0.143. The number of hydrogen-bond acceptors (Lipinski definition) is 3. The molecule has 3 rings (SSSR count). The molecule has 13 heteroatoms. The number of hydroxylamine groups is 1. The predicted octanol–water partition coefficient (Wildman–Crippen LogP) is 4.49. The first kappa shape index (κ1) is 23.3. The third-order valence-corrected chi connectivity index (χ3v) is 4.60. The minimum absolute atomic E-state index is 0.127. The number of rotatable bonds is 4. The summed E-state index contributed by atoms with van der Waals surface area (Å²) in [5, 5.41) is 2.33. The first-order valence-corrected chi connectivity index (χ1v) is 8.83. The Balaban J connectivity index is 2.12. The Morgan fingerprint density at radius 3 is 2.22 bits per heavy atom. The van der Waals surface area contributed by atoms with Gasteiger partial charge in [-0.1, -0.05) is 0 Å². The maximum atomic E-state index is 13.7. The number of urea groups is 1. The molecule has 1 saturated heterocycles. The van der Waals surface area contributed by atoms with E-state index >= 15 is 0 Å². The van der Waals surface area contributed by atoms with Gasteiger partial charge in [-0.3, -0.25) is 4.79 Å². The fourth-order valence-electron chi connectivity index (χ4n) is 2.99. The highest BCUT2D eigenvalue weighted by Crippen LogP contribution is 2.42. The Morgan fingerprint density at radius 2 is 1.72 bits per heavy atom. The predicted molar refractivity (Wildman–Crippen MR) is 96.9 cm³/mol. The molecule has 0 spiro atoms. The summed E-state index contributed by atoms with van der Waals surface area (Å²) in [6.07, 6.45) is -11.5. The number of amides is 3.